The van der Waals surface area contributed by atoms with Crippen LogP contribution in [0.15, 0.2) is 79.1 Å². The number of ether oxygens (including phenoxy) is 1. The molecule has 2 aromatic carbocycles. The molecule has 0 unspecified atom stereocenters. The van der Waals surface area contributed by atoms with Crippen molar-refractivity contribution < 1.29 is 9.53 Å². The molecule has 0 spiro atoms. The molecule has 0 N–H and O–H groups in total. The Morgan fingerprint density at radius 1 is 0.929 bits per heavy atom. The number of pyridine rings is 2. The number of Topliss-reactive ketones (excluding diaryl/α,β-unsaturated/α-hetero) is 1. The normalized spacial score (nSPS) is 10.8. The van der Waals surface area contributed by atoms with E-state index in [0.717, 1.165) is 33.3 Å². The summed E-state index contributed by atoms with van der Waals surface area (Å²) >= 11 is 0. The maximum absolute atomic E-state index is 12.7. The molecule has 0 aliphatic carbocycles. The van der Waals surface area contributed by atoms with Gasteiger partial charge in [-0.2, -0.15) is 0 Å². The molecule has 2 heterocycles. The number of hydrogen-bond acceptors (Lipinski definition) is 4. The van der Waals surface area contributed by atoms with Crippen molar-refractivity contribution in [3.8, 4) is 16.9 Å². The van der Waals surface area contributed by atoms with Gasteiger partial charge in [0.1, 0.15) is 11.4 Å². The Kier molecular flexibility index (Phi) is 5.11. The molecule has 0 aliphatic rings. The molecule has 0 saturated carbocycles. The predicted octanol–water partition coefficient (Wildman–Crippen LogP) is 5.12. The number of aromatic nitrogens is 2. The number of benzene rings is 2. The Bertz CT molecular complexity index is 1110. The first-order valence-electron chi connectivity index (χ1n) is 9.21. The largest absolute Gasteiger partial charge is 0.497 e. The van der Waals surface area contributed by atoms with Gasteiger partial charge in [0.05, 0.1) is 12.6 Å². The van der Waals surface area contributed by atoms with Crippen molar-refractivity contribution in [2.45, 2.75) is 12.8 Å². The lowest BCUT2D eigenvalue weighted by molar-refractivity contribution is 0.0978. The molecule has 0 bridgehead atoms. The second-order valence-electron chi connectivity index (χ2n) is 6.59. The fourth-order valence-corrected chi connectivity index (χ4v) is 3.21. The van der Waals surface area contributed by atoms with E-state index in [1.54, 1.807) is 25.6 Å². The van der Waals surface area contributed by atoms with Crippen LogP contribution in [0.2, 0.25) is 0 Å². The smallest absolute Gasteiger partial charge is 0.181 e. The number of ketones is 1. The van der Waals surface area contributed by atoms with E-state index in [4.69, 9.17) is 4.74 Å². The number of methoxy groups -OCH3 is 1. The molecule has 0 radical (unpaired) electrons. The molecular weight excluding hydrogens is 348 g/mol. The number of nitrogens with zero attached hydrogens (tertiary/aromatic N) is 2. The Morgan fingerprint density at radius 3 is 2.46 bits per heavy atom. The lowest BCUT2D eigenvalue weighted by Crippen LogP contribution is -2.04. The van der Waals surface area contributed by atoms with Gasteiger partial charge in [-0.1, -0.05) is 42.5 Å². The summed E-state index contributed by atoms with van der Waals surface area (Å²) in [5, 5.41) is 0.910. The van der Waals surface area contributed by atoms with Crippen molar-refractivity contribution >= 4 is 16.7 Å². The summed E-state index contributed by atoms with van der Waals surface area (Å²) in [7, 11) is 1.64. The second-order valence-corrected chi connectivity index (χ2v) is 6.59. The first-order valence-corrected chi connectivity index (χ1v) is 9.21. The van der Waals surface area contributed by atoms with Gasteiger partial charge < -0.3 is 4.74 Å². The van der Waals surface area contributed by atoms with E-state index in [1.807, 2.05) is 60.7 Å². The molecule has 28 heavy (non-hydrogen) atoms. The van der Waals surface area contributed by atoms with Crippen LogP contribution in [-0.2, 0) is 6.42 Å². The molecule has 4 heteroatoms. The molecular formula is C24H20N2O2. The third-order valence-electron chi connectivity index (χ3n) is 4.77. The van der Waals surface area contributed by atoms with Crippen LogP contribution in [0.25, 0.3) is 22.0 Å². The van der Waals surface area contributed by atoms with Crippen LogP contribution >= 0.6 is 0 Å². The number of carbonyl (C=O) groups is 1. The molecule has 4 nitrogen and oxygen atoms in total. The molecule has 0 aliphatic heterocycles. The van der Waals surface area contributed by atoms with E-state index >= 15 is 0 Å². The van der Waals surface area contributed by atoms with Crippen molar-refractivity contribution in [3.05, 3.63) is 90.4 Å². The second kappa shape index (κ2) is 8.01. The highest BCUT2D eigenvalue weighted by Gasteiger charge is 2.12. The Morgan fingerprint density at radius 2 is 1.71 bits per heavy atom. The van der Waals surface area contributed by atoms with Crippen LogP contribution < -0.4 is 4.74 Å². The van der Waals surface area contributed by atoms with Crippen LogP contribution in [0, 0.1) is 0 Å². The third kappa shape index (κ3) is 3.76. The zero-order valence-corrected chi connectivity index (χ0v) is 15.6. The van der Waals surface area contributed by atoms with Gasteiger partial charge in [-0.05, 0) is 41.8 Å². The summed E-state index contributed by atoms with van der Waals surface area (Å²) in [5.41, 5.74) is 4.31. The van der Waals surface area contributed by atoms with Gasteiger partial charge in [0.2, 0.25) is 0 Å². The van der Waals surface area contributed by atoms with Gasteiger partial charge in [-0.15, -0.1) is 0 Å². The maximum atomic E-state index is 12.7. The fourth-order valence-electron chi connectivity index (χ4n) is 3.21. The minimum Gasteiger partial charge on any atom is -0.497 e. The van der Waals surface area contributed by atoms with Gasteiger partial charge in [-0.3, -0.25) is 9.78 Å². The van der Waals surface area contributed by atoms with Crippen LogP contribution in [0.4, 0.5) is 0 Å². The average molecular weight is 368 g/mol. The van der Waals surface area contributed by atoms with Crippen molar-refractivity contribution in [1.82, 2.24) is 9.97 Å². The highest BCUT2D eigenvalue weighted by molar-refractivity contribution is 5.99. The number of rotatable bonds is 6. The highest BCUT2D eigenvalue weighted by Crippen LogP contribution is 2.28. The van der Waals surface area contributed by atoms with Crippen LogP contribution in [0.3, 0.4) is 0 Å². The van der Waals surface area contributed by atoms with Gasteiger partial charge in [-0.25, -0.2) is 4.98 Å². The number of carbonyl (C=O) groups excluding carboxylic acids is 1. The van der Waals surface area contributed by atoms with E-state index in [1.165, 1.54) is 0 Å². The van der Waals surface area contributed by atoms with Crippen LogP contribution in [0.1, 0.15) is 22.5 Å². The van der Waals surface area contributed by atoms with Crippen molar-refractivity contribution in [2.24, 2.45) is 0 Å². The lowest BCUT2D eigenvalue weighted by Gasteiger charge is -2.08. The summed E-state index contributed by atoms with van der Waals surface area (Å²) in [6, 6.07) is 21.5. The summed E-state index contributed by atoms with van der Waals surface area (Å²) in [6.07, 6.45) is 4.70. The zero-order valence-electron chi connectivity index (χ0n) is 15.6. The maximum Gasteiger partial charge on any atom is 0.181 e. The molecule has 4 aromatic rings. The topological polar surface area (TPSA) is 52.1 Å². The zero-order chi connectivity index (χ0) is 19.3. The molecule has 0 saturated heterocycles. The average Bonchev–Trinajstić information content (AvgIpc) is 2.77. The van der Waals surface area contributed by atoms with E-state index in [9.17, 15) is 4.79 Å². The van der Waals surface area contributed by atoms with E-state index < -0.39 is 0 Å². The number of hydrogen-bond donors (Lipinski definition) is 0. The fraction of sp³-hybridized carbons (Fsp3) is 0.125. The molecule has 138 valence electrons. The molecule has 2 aromatic heterocycles. The van der Waals surface area contributed by atoms with Gasteiger partial charge in [0, 0.05) is 29.8 Å². The Hall–Kier alpha value is -3.53. The van der Waals surface area contributed by atoms with Crippen LogP contribution in [0.5, 0.6) is 5.75 Å². The van der Waals surface area contributed by atoms with E-state index in [-0.39, 0.29) is 5.78 Å². The summed E-state index contributed by atoms with van der Waals surface area (Å²) in [6.45, 7) is 0. The first kappa shape index (κ1) is 17.9. The summed E-state index contributed by atoms with van der Waals surface area (Å²) in [5.74, 6) is 0.838. The molecule has 0 fully saturated rings. The van der Waals surface area contributed by atoms with E-state index in [2.05, 4.69) is 9.97 Å². The van der Waals surface area contributed by atoms with E-state index in [0.29, 0.717) is 18.5 Å². The molecule has 0 atom stereocenters. The summed E-state index contributed by atoms with van der Waals surface area (Å²) < 4.78 is 5.23. The van der Waals surface area contributed by atoms with Gasteiger partial charge in [0.15, 0.2) is 5.78 Å². The highest BCUT2D eigenvalue weighted by atomic mass is 16.5. The van der Waals surface area contributed by atoms with Gasteiger partial charge >= 0.3 is 0 Å². The summed E-state index contributed by atoms with van der Waals surface area (Å²) in [4.78, 5) is 21.7. The van der Waals surface area contributed by atoms with Gasteiger partial charge in [0.25, 0.3) is 0 Å². The minimum atomic E-state index is 0.0447. The molecule has 0 amide bonds. The van der Waals surface area contributed by atoms with Crippen molar-refractivity contribution in [1.29, 1.82) is 0 Å². The Labute approximate surface area is 163 Å². The van der Waals surface area contributed by atoms with Crippen molar-refractivity contribution in [2.75, 3.05) is 7.11 Å². The number of aryl methyl sites for hydroxylation is 1. The third-order valence-corrected chi connectivity index (χ3v) is 4.77. The lowest BCUT2D eigenvalue weighted by atomic mass is 10.0. The Balaban J connectivity index is 1.64. The standard InChI is InChI=1S/C24H20N2O2/c1-28-20-11-8-18(9-12-20)21-16-25-15-19-10-13-22(26-24(19)21)23(27)14-7-17-5-3-2-4-6-17/h2-6,8-13,15-16H,7,14H2,1H3. The van der Waals surface area contributed by atoms with Crippen LogP contribution in [-0.4, -0.2) is 22.9 Å². The van der Waals surface area contributed by atoms with Crippen molar-refractivity contribution in [3.63, 3.8) is 0 Å². The first-order chi connectivity index (χ1) is 13.7. The quantitative estimate of drug-likeness (QED) is 0.443. The predicted molar refractivity (Wildman–Crippen MR) is 111 cm³/mol. The SMILES string of the molecule is COc1ccc(-c2cncc3ccc(C(=O)CCc4ccccc4)nc23)cc1. The molecule has 4 rings (SSSR count). The minimum absolute atomic E-state index is 0.0447. The number of fused-ring (bicyclic) bond motifs is 1. The monoisotopic (exact) mass is 368 g/mol.